The van der Waals surface area contributed by atoms with Gasteiger partial charge >= 0.3 is 0 Å². The molecule has 3 nitrogen and oxygen atoms in total. The molecular weight excluding hydrogens is 260 g/mol. The summed E-state index contributed by atoms with van der Waals surface area (Å²) < 4.78 is 0. The third kappa shape index (κ3) is 2.92. The van der Waals surface area contributed by atoms with Crippen LogP contribution in [0.5, 0.6) is 0 Å². The molecule has 0 spiro atoms. The molecule has 2 aromatic rings. The van der Waals surface area contributed by atoms with Crippen LogP contribution in [-0.4, -0.2) is 5.91 Å². The molecule has 0 fully saturated rings. The molecule has 0 bridgehead atoms. The van der Waals surface area contributed by atoms with E-state index in [-0.39, 0.29) is 5.91 Å². The number of hydrogen-bond donors (Lipinski definition) is 2. The summed E-state index contributed by atoms with van der Waals surface area (Å²) in [5.41, 5.74) is 12.2. The fraction of sp³-hybridized carbons (Fsp3) is 0.278. The quantitative estimate of drug-likeness (QED) is 0.903. The van der Waals surface area contributed by atoms with Crippen LogP contribution in [0.25, 0.3) is 0 Å². The zero-order chi connectivity index (χ0) is 14.8. The Balaban J connectivity index is 1.71. The van der Waals surface area contributed by atoms with Gasteiger partial charge < -0.3 is 11.1 Å². The maximum absolute atomic E-state index is 11.2. The van der Waals surface area contributed by atoms with Crippen LogP contribution < -0.4 is 11.1 Å². The fourth-order valence-electron chi connectivity index (χ4n) is 2.93. The summed E-state index contributed by atoms with van der Waals surface area (Å²) in [7, 11) is 0. The van der Waals surface area contributed by atoms with E-state index in [4.69, 9.17) is 5.73 Å². The average molecular weight is 280 g/mol. The largest absolute Gasteiger partial charge is 0.381 e. The van der Waals surface area contributed by atoms with Gasteiger partial charge in [-0.15, -0.1) is 0 Å². The van der Waals surface area contributed by atoms with E-state index in [0.29, 0.717) is 5.56 Å². The van der Waals surface area contributed by atoms with Crippen LogP contribution in [0.3, 0.4) is 0 Å². The SMILES string of the molecule is Cc1cc(C(N)=O)ccc1CNc1ccc2c(c1)CCC2. The van der Waals surface area contributed by atoms with Crippen LogP contribution in [-0.2, 0) is 19.4 Å². The Hall–Kier alpha value is -2.29. The lowest BCUT2D eigenvalue weighted by atomic mass is 10.0. The first-order valence-electron chi connectivity index (χ1n) is 7.38. The first-order chi connectivity index (χ1) is 10.1. The maximum Gasteiger partial charge on any atom is 0.248 e. The predicted octanol–water partition coefficient (Wildman–Crippen LogP) is 3.19. The van der Waals surface area contributed by atoms with Gasteiger partial charge in [-0.3, -0.25) is 4.79 Å². The second kappa shape index (κ2) is 5.60. The van der Waals surface area contributed by atoms with Crippen LogP contribution in [0.15, 0.2) is 36.4 Å². The molecule has 1 aliphatic carbocycles. The molecule has 108 valence electrons. The molecule has 0 saturated heterocycles. The molecule has 0 radical (unpaired) electrons. The number of anilines is 1. The highest BCUT2D eigenvalue weighted by Crippen LogP contribution is 2.25. The second-order valence-corrected chi connectivity index (χ2v) is 5.70. The van der Waals surface area contributed by atoms with Crippen molar-refractivity contribution in [3.63, 3.8) is 0 Å². The molecule has 1 aliphatic rings. The molecule has 3 heteroatoms. The first-order valence-corrected chi connectivity index (χ1v) is 7.38. The maximum atomic E-state index is 11.2. The van der Waals surface area contributed by atoms with Gasteiger partial charge in [-0.2, -0.15) is 0 Å². The van der Waals surface area contributed by atoms with Gasteiger partial charge in [-0.05, 0) is 72.7 Å². The van der Waals surface area contributed by atoms with Crippen molar-refractivity contribution in [1.82, 2.24) is 0 Å². The molecular formula is C18H20N2O. The van der Waals surface area contributed by atoms with E-state index in [1.54, 1.807) is 6.07 Å². The molecule has 0 heterocycles. The Labute approximate surface area is 125 Å². The molecule has 21 heavy (non-hydrogen) atoms. The number of carbonyl (C=O) groups excluding carboxylic acids is 1. The first kappa shape index (κ1) is 13.7. The van der Waals surface area contributed by atoms with Crippen molar-refractivity contribution < 1.29 is 4.79 Å². The molecule has 0 aliphatic heterocycles. The number of amides is 1. The highest BCUT2D eigenvalue weighted by molar-refractivity contribution is 5.93. The summed E-state index contributed by atoms with van der Waals surface area (Å²) in [6, 6.07) is 12.2. The Morgan fingerprint density at radius 2 is 1.95 bits per heavy atom. The number of nitrogens with one attached hydrogen (secondary N) is 1. The van der Waals surface area contributed by atoms with Crippen molar-refractivity contribution in [3.05, 3.63) is 64.2 Å². The van der Waals surface area contributed by atoms with Gasteiger partial charge in [-0.1, -0.05) is 12.1 Å². The van der Waals surface area contributed by atoms with Crippen LogP contribution in [0.4, 0.5) is 5.69 Å². The lowest BCUT2D eigenvalue weighted by Crippen LogP contribution is -2.11. The molecule has 0 unspecified atom stereocenters. The molecule has 0 aromatic heterocycles. The molecule has 3 rings (SSSR count). The summed E-state index contributed by atoms with van der Waals surface area (Å²) in [6.45, 7) is 2.76. The Kier molecular flexibility index (Phi) is 3.65. The summed E-state index contributed by atoms with van der Waals surface area (Å²) in [5, 5.41) is 3.46. The number of primary amides is 1. The van der Waals surface area contributed by atoms with Crippen molar-refractivity contribution in [2.24, 2.45) is 5.73 Å². The fourth-order valence-corrected chi connectivity index (χ4v) is 2.93. The third-order valence-corrected chi connectivity index (χ3v) is 4.21. The van der Waals surface area contributed by atoms with Gasteiger partial charge in [0.25, 0.3) is 0 Å². The molecule has 3 N–H and O–H groups in total. The lowest BCUT2D eigenvalue weighted by Gasteiger charge is -2.11. The topological polar surface area (TPSA) is 55.1 Å². The minimum Gasteiger partial charge on any atom is -0.381 e. The van der Waals surface area contributed by atoms with Crippen molar-refractivity contribution in [2.75, 3.05) is 5.32 Å². The predicted molar refractivity (Wildman–Crippen MR) is 85.5 cm³/mol. The minimum atomic E-state index is -0.378. The number of nitrogens with two attached hydrogens (primary N) is 1. The number of fused-ring (bicyclic) bond motifs is 1. The summed E-state index contributed by atoms with van der Waals surface area (Å²) in [6.07, 6.45) is 3.67. The minimum absolute atomic E-state index is 0.378. The van der Waals surface area contributed by atoms with E-state index in [9.17, 15) is 4.79 Å². The van der Waals surface area contributed by atoms with E-state index in [2.05, 4.69) is 23.5 Å². The molecule has 2 aromatic carbocycles. The molecule has 0 saturated carbocycles. The number of aryl methyl sites for hydroxylation is 3. The Morgan fingerprint density at radius 1 is 1.14 bits per heavy atom. The van der Waals surface area contributed by atoms with Crippen molar-refractivity contribution >= 4 is 11.6 Å². The Morgan fingerprint density at radius 3 is 2.71 bits per heavy atom. The second-order valence-electron chi connectivity index (χ2n) is 5.70. The van der Waals surface area contributed by atoms with E-state index < -0.39 is 0 Å². The molecule has 0 atom stereocenters. The number of benzene rings is 2. The zero-order valence-electron chi connectivity index (χ0n) is 12.3. The van der Waals surface area contributed by atoms with Crippen molar-refractivity contribution in [2.45, 2.75) is 32.7 Å². The van der Waals surface area contributed by atoms with Crippen LogP contribution in [0.1, 0.15) is 39.0 Å². The van der Waals surface area contributed by atoms with E-state index in [1.807, 2.05) is 19.1 Å². The number of rotatable bonds is 4. The molecule has 1 amide bonds. The van der Waals surface area contributed by atoms with Gasteiger partial charge in [0.15, 0.2) is 0 Å². The third-order valence-electron chi connectivity index (χ3n) is 4.21. The standard InChI is InChI=1S/C18H20N2O/c1-12-9-15(18(19)21)5-6-16(12)11-20-17-8-7-13-3-2-4-14(13)10-17/h5-10,20H,2-4,11H2,1H3,(H2,19,21). The van der Waals surface area contributed by atoms with Crippen LogP contribution in [0.2, 0.25) is 0 Å². The highest BCUT2D eigenvalue weighted by Gasteiger charge is 2.10. The van der Waals surface area contributed by atoms with Gasteiger partial charge in [0, 0.05) is 17.8 Å². The number of carbonyl (C=O) groups is 1. The van der Waals surface area contributed by atoms with Crippen molar-refractivity contribution in [3.8, 4) is 0 Å². The zero-order valence-corrected chi connectivity index (χ0v) is 12.3. The Bertz CT molecular complexity index is 692. The normalized spacial score (nSPS) is 13.0. The smallest absolute Gasteiger partial charge is 0.248 e. The van der Waals surface area contributed by atoms with Gasteiger partial charge in [0.05, 0.1) is 0 Å². The van der Waals surface area contributed by atoms with Crippen molar-refractivity contribution in [1.29, 1.82) is 0 Å². The summed E-state index contributed by atoms with van der Waals surface area (Å²) in [5.74, 6) is -0.378. The summed E-state index contributed by atoms with van der Waals surface area (Å²) in [4.78, 5) is 11.2. The highest BCUT2D eigenvalue weighted by atomic mass is 16.1. The van der Waals surface area contributed by atoms with E-state index in [0.717, 1.165) is 17.8 Å². The summed E-state index contributed by atoms with van der Waals surface area (Å²) >= 11 is 0. The van der Waals surface area contributed by atoms with Crippen LogP contribution in [0, 0.1) is 6.92 Å². The van der Waals surface area contributed by atoms with Gasteiger partial charge in [0.2, 0.25) is 5.91 Å². The van der Waals surface area contributed by atoms with Gasteiger partial charge in [0.1, 0.15) is 0 Å². The number of hydrogen-bond acceptors (Lipinski definition) is 2. The van der Waals surface area contributed by atoms with Gasteiger partial charge in [-0.25, -0.2) is 0 Å². The van der Waals surface area contributed by atoms with E-state index in [1.165, 1.54) is 36.0 Å². The monoisotopic (exact) mass is 280 g/mol. The van der Waals surface area contributed by atoms with Crippen LogP contribution >= 0.6 is 0 Å². The average Bonchev–Trinajstić information content (AvgIpc) is 2.93. The van der Waals surface area contributed by atoms with E-state index >= 15 is 0 Å². The lowest BCUT2D eigenvalue weighted by molar-refractivity contribution is 0.1000.